The summed E-state index contributed by atoms with van der Waals surface area (Å²) in [6, 6.07) is 18.4. The fourth-order valence-corrected chi connectivity index (χ4v) is 2.83. The molecule has 3 heteroatoms. The molecule has 1 aliphatic heterocycles. The number of aliphatic hydroxyl groups excluding tert-OH is 1. The van der Waals surface area contributed by atoms with Gasteiger partial charge in [0.1, 0.15) is 0 Å². The molecule has 104 valence electrons. The van der Waals surface area contributed by atoms with E-state index in [0.29, 0.717) is 11.1 Å². The highest BCUT2D eigenvalue weighted by molar-refractivity contribution is 6.30. The Bertz CT molecular complexity index is 569. The highest BCUT2D eigenvalue weighted by Gasteiger charge is 2.43. The molecule has 0 bridgehead atoms. The summed E-state index contributed by atoms with van der Waals surface area (Å²) in [5, 5.41) is 11.1. The zero-order valence-corrected chi connectivity index (χ0v) is 12.2. The second kappa shape index (κ2) is 5.57. The maximum absolute atomic E-state index is 10.4. The van der Waals surface area contributed by atoms with Crippen molar-refractivity contribution in [2.45, 2.75) is 25.1 Å². The van der Waals surface area contributed by atoms with Crippen LogP contribution < -0.4 is 0 Å². The number of aliphatic hydroxyl groups is 1. The van der Waals surface area contributed by atoms with Crippen LogP contribution in [0, 0.1) is 0 Å². The number of hydrogen-bond donors (Lipinski definition) is 1. The van der Waals surface area contributed by atoms with Crippen molar-refractivity contribution in [1.29, 1.82) is 0 Å². The normalized spacial score (nSPS) is 24.1. The molecule has 0 spiro atoms. The molecule has 4 atom stereocenters. The molecule has 20 heavy (non-hydrogen) atoms. The molecule has 0 aromatic heterocycles. The first-order chi connectivity index (χ1) is 9.66. The molecule has 2 aromatic rings. The van der Waals surface area contributed by atoms with Crippen LogP contribution in [0.1, 0.15) is 30.2 Å². The van der Waals surface area contributed by atoms with Crippen LogP contribution in [0.5, 0.6) is 0 Å². The van der Waals surface area contributed by atoms with Gasteiger partial charge in [-0.15, -0.1) is 0 Å². The van der Waals surface area contributed by atoms with Crippen molar-refractivity contribution in [3.05, 3.63) is 70.7 Å². The van der Waals surface area contributed by atoms with Crippen LogP contribution >= 0.6 is 11.6 Å². The first-order valence-corrected chi connectivity index (χ1v) is 7.29. The molecule has 0 aliphatic carbocycles. The molecule has 1 N–H and O–H groups in total. The minimum Gasteiger partial charge on any atom is -0.387 e. The monoisotopic (exact) mass is 287 g/mol. The zero-order chi connectivity index (χ0) is 14.1. The lowest BCUT2D eigenvalue weighted by Crippen LogP contribution is -2.14. The minimum absolute atomic E-state index is 0.200. The molecule has 0 saturated carbocycles. The number of halogens is 1. The largest absolute Gasteiger partial charge is 0.387 e. The van der Waals surface area contributed by atoms with Gasteiger partial charge < -0.3 is 5.11 Å². The first-order valence-electron chi connectivity index (χ1n) is 6.91. The lowest BCUT2D eigenvalue weighted by atomic mass is 10.1. The molecule has 0 amide bonds. The zero-order valence-electron chi connectivity index (χ0n) is 11.4. The summed E-state index contributed by atoms with van der Waals surface area (Å²) in [5.74, 6) is 0. The highest BCUT2D eigenvalue weighted by atomic mass is 35.5. The standard InChI is InChI=1S/C17H18ClNO/c1-12(13-5-3-2-4-6-13)19-11-16(19)17(20)14-7-9-15(18)10-8-14/h2-10,12,16-17,20H,11H2,1H3/t12-,16+,17+,19?/m0/s1. The van der Waals surface area contributed by atoms with Crippen LogP contribution in [-0.2, 0) is 0 Å². The number of nitrogens with zero attached hydrogens (tertiary/aromatic N) is 1. The van der Waals surface area contributed by atoms with Gasteiger partial charge in [-0.1, -0.05) is 54.1 Å². The Balaban J connectivity index is 1.68. The van der Waals surface area contributed by atoms with Gasteiger partial charge in [0, 0.05) is 17.6 Å². The molecule has 2 aromatic carbocycles. The minimum atomic E-state index is -0.446. The van der Waals surface area contributed by atoms with E-state index in [1.807, 2.05) is 30.3 Å². The summed E-state index contributed by atoms with van der Waals surface area (Å²) in [4.78, 5) is 2.31. The summed E-state index contributed by atoms with van der Waals surface area (Å²) in [6.45, 7) is 3.11. The van der Waals surface area contributed by atoms with Crippen molar-refractivity contribution in [1.82, 2.24) is 4.90 Å². The second-order valence-electron chi connectivity index (χ2n) is 5.35. The Kier molecular flexibility index (Phi) is 3.79. The Morgan fingerprint density at radius 2 is 1.70 bits per heavy atom. The van der Waals surface area contributed by atoms with Crippen molar-refractivity contribution >= 4 is 11.6 Å². The molecular formula is C17H18ClNO. The predicted octanol–water partition coefficient (Wildman–Crippen LogP) is 3.82. The Morgan fingerprint density at radius 1 is 1.05 bits per heavy atom. The Labute approximate surface area is 124 Å². The number of benzene rings is 2. The fourth-order valence-electron chi connectivity index (χ4n) is 2.70. The summed E-state index contributed by atoms with van der Waals surface area (Å²) in [5.41, 5.74) is 2.22. The van der Waals surface area contributed by atoms with Crippen molar-refractivity contribution in [3.63, 3.8) is 0 Å². The smallest absolute Gasteiger partial charge is 0.0957 e. The fraction of sp³-hybridized carbons (Fsp3) is 0.294. The lowest BCUT2D eigenvalue weighted by Gasteiger charge is -2.17. The SMILES string of the molecule is C[C@@H](c1ccccc1)N1C[C@@H]1[C@H](O)c1ccc(Cl)cc1. The van der Waals surface area contributed by atoms with E-state index in [9.17, 15) is 5.11 Å². The van der Waals surface area contributed by atoms with Crippen LogP contribution in [0.3, 0.4) is 0 Å². The maximum atomic E-state index is 10.4. The van der Waals surface area contributed by atoms with E-state index < -0.39 is 6.10 Å². The third-order valence-corrected chi connectivity index (χ3v) is 4.30. The van der Waals surface area contributed by atoms with E-state index in [0.717, 1.165) is 12.1 Å². The van der Waals surface area contributed by atoms with E-state index >= 15 is 0 Å². The van der Waals surface area contributed by atoms with Crippen molar-refractivity contribution in [3.8, 4) is 0 Å². The van der Waals surface area contributed by atoms with Gasteiger partial charge in [-0.25, -0.2) is 0 Å². The van der Waals surface area contributed by atoms with Gasteiger partial charge >= 0.3 is 0 Å². The molecular weight excluding hydrogens is 270 g/mol. The molecule has 1 saturated heterocycles. The van der Waals surface area contributed by atoms with Crippen molar-refractivity contribution < 1.29 is 5.11 Å². The van der Waals surface area contributed by atoms with Gasteiger partial charge in [0.05, 0.1) is 12.1 Å². The van der Waals surface area contributed by atoms with E-state index in [2.05, 4.69) is 36.1 Å². The van der Waals surface area contributed by atoms with Crippen LogP contribution in [0.4, 0.5) is 0 Å². The van der Waals surface area contributed by atoms with E-state index in [1.165, 1.54) is 5.56 Å². The summed E-state index contributed by atoms with van der Waals surface area (Å²) >= 11 is 5.88. The van der Waals surface area contributed by atoms with E-state index in [1.54, 1.807) is 0 Å². The molecule has 1 aliphatic rings. The average Bonchev–Trinajstić information content (AvgIpc) is 3.28. The summed E-state index contributed by atoms with van der Waals surface area (Å²) in [6.07, 6.45) is -0.446. The second-order valence-corrected chi connectivity index (χ2v) is 5.78. The summed E-state index contributed by atoms with van der Waals surface area (Å²) < 4.78 is 0. The first kappa shape index (κ1) is 13.6. The van der Waals surface area contributed by atoms with Gasteiger partial charge in [-0.2, -0.15) is 0 Å². The van der Waals surface area contributed by atoms with E-state index in [4.69, 9.17) is 11.6 Å². The topological polar surface area (TPSA) is 23.2 Å². The number of rotatable bonds is 4. The van der Waals surface area contributed by atoms with Crippen LogP contribution in [0.15, 0.2) is 54.6 Å². The summed E-state index contributed by atoms with van der Waals surface area (Å²) in [7, 11) is 0. The van der Waals surface area contributed by atoms with Gasteiger partial charge in [-0.3, -0.25) is 4.90 Å². The molecule has 0 radical (unpaired) electrons. The lowest BCUT2D eigenvalue weighted by molar-refractivity contribution is 0.151. The predicted molar refractivity (Wildman–Crippen MR) is 81.8 cm³/mol. The van der Waals surface area contributed by atoms with Gasteiger partial charge in [0.15, 0.2) is 0 Å². The van der Waals surface area contributed by atoms with Crippen molar-refractivity contribution in [2.75, 3.05) is 6.54 Å². The average molecular weight is 288 g/mol. The van der Waals surface area contributed by atoms with E-state index in [-0.39, 0.29) is 6.04 Å². The Hall–Kier alpha value is -1.35. The molecule has 2 nitrogen and oxygen atoms in total. The Morgan fingerprint density at radius 3 is 2.35 bits per heavy atom. The number of hydrogen-bond acceptors (Lipinski definition) is 2. The third-order valence-electron chi connectivity index (χ3n) is 4.05. The molecule has 1 heterocycles. The van der Waals surface area contributed by atoms with Crippen molar-refractivity contribution in [2.24, 2.45) is 0 Å². The van der Waals surface area contributed by atoms with Gasteiger partial charge in [0.25, 0.3) is 0 Å². The third kappa shape index (κ3) is 2.73. The van der Waals surface area contributed by atoms with Crippen LogP contribution in [-0.4, -0.2) is 22.6 Å². The molecule has 1 unspecified atom stereocenters. The molecule has 1 fully saturated rings. The van der Waals surface area contributed by atoms with Gasteiger partial charge in [-0.05, 0) is 30.2 Å². The van der Waals surface area contributed by atoms with Crippen LogP contribution in [0.25, 0.3) is 0 Å². The quantitative estimate of drug-likeness (QED) is 0.864. The maximum Gasteiger partial charge on any atom is 0.0957 e. The molecule has 3 rings (SSSR count). The highest BCUT2D eigenvalue weighted by Crippen LogP contribution is 2.38. The van der Waals surface area contributed by atoms with Gasteiger partial charge in [0.2, 0.25) is 0 Å². The van der Waals surface area contributed by atoms with Crippen LogP contribution in [0.2, 0.25) is 5.02 Å².